The molecule has 0 aliphatic heterocycles. The highest BCUT2D eigenvalue weighted by Gasteiger charge is 2.29. The lowest BCUT2D eigenvalue weighted by molar-refractivity contribution is -0.136. The van der Waals surface area contributed by atoms with Gasteiger partial charge in [0.05, 0.1) is 6.61 Å². The molecule has 0 saturated heterocycles. The molecule has 0 rings (SSSR count). The van der Waals surface area contributed by atoms with E-state index in [1.54, 1.807) is 6.92 Å². The number of hydrogen-bond acceptors (Lipinski definition) is 7. The zero-order valence-electron chi connectivity index (χ0n) is 8.39. The second-order valence-electron chi connectivity index (χ2n) is 2.67. The number of carbonyl (C=O) groups is 1. The van der Waals surface area contributed by atoms with E-state index in [-0.39, 0.29) is 12.9 Å². The van der Waals surface area contributed by atoms with Crippen molar-refractivity contribution in [3.63, 3.8) is 0 Å². The van der Waals surface area contributed by atoms with Crippen LogP contribution in [0.15, 0.2) is 0 Å². The van der Waals surface area contributed by atoms with Crippen molar-refractivity contribution < 1.29 is 35.4 Å². The molecule has 6 N–H and O–H groups in total. The van der Waals surface area contributed by atoms with E-state index in [9.17, 15) is 4.79 Å². The highest BCUT2D eigenvalue weighted by atomic mass is 16.4. The fourth-order valence-electron chi connectivity index (χ4n) is 0.618. The molecule has 0 heterocycles. The number of hydrogen-bond donors (Lipinski definition) is 6. The van der Waals surface area contributed by atoms with E-state index in [1.807, 2.05) is 0 Å². The summed E-state index contributed by atoms with van der Waals surface area (Å²) in [5, 5.41) is 51.1. The first kappa shape index (κ1) is 16.8. The third kappa shape index (κ3) is 7.37. The van der Waals surface area contributed by atoms with Crippen LogP contribution in [0.25, 0.3) is 0 Å². The van der Waals surface area contributed by atoms with E-state index in [1.165, 1.54) is 0 Å². The maximum absolute atomic E-state index is 9.90. The van der Waals surface area contributed by atoms with E-state index in [0.29, 0.717) is 0 Å². The van der Waals surface area contributed by atoms with E-state index in [2.05, 4.69) is 0 Å². The van der Waals surface area contributed by atoms with E-state index in [4.69, 9.17) is 30.6 Å². The van der Waals surface area contributed by atoms with E-state index >= 15 is 0 Å². The molecule has 0 amide bonds. The van der Waals surface area contributed by atoms with Gasteiger partial charge in [0, 0.05) is 6.61 Å². The van der Waals surface area contributed by atoms with Crippen molar-refractivity contribution in [1.82, 2.24) is 0 Å². The number of aliphatic hydroxyl groups excluding tert-OH is 6. The van der Waals surface area contributed by atoms with Crippen molar-refractivity contribution in [2.75, 3.05) is 13.2 Å². The molecule has 4 atom stereocenters. The van der Waals surface area contributed by atoms with E-state index < -0.39 is 31.0 Å². The summed E-state index contributed by atoms with van der Waals surface area (Å²) in [6, 6.07) is 0. The molecule has 0 unspecified atom stereocenters. The monoisotopic (exact) mass is 226 g/mol. The standard InChI is InChI=1S/C6H12O6.C2H6O/c7-1-3(9)5(11)6(12)4(10)2-8;1-2-3/h1,3-6,8-12H,2H2;3H,2H2,1H3/t3-,4-,5-,6-;/m1./s1. The Morgan fingerprint density at radius 3 is 1.73 bits per heavy atom. The second-order valence-corrected chi connectivity index (χ2v) is 2.67. The maximum Gasteiger partial charge on any atom is 0.151 e. The van der Waals surface area contributed by atoms with Gasteiger partial charge in [0.1, 0.15) is 24.4 Å². The summed E-state index contributed by atoms with van der Waals surface area (Å²) >= 11 is 0. The average molecular weight is 226 g/mol. The van der Waals surface area contributed by atoms with Gasteiger partial charge in [0.15, 0.2) is 6.29 Å². The Morgan fingerprint density at radius 2 is 1.47 bits per heavy atom. The van der Waals surface area contributed by atoms with Gasteiger partial charge in [0.25, 0.3) is 0 Å². The highest BCUT2D eigenvalue weighted by molar-refractivity contribution is 5.56. The minimum Gasteiger partial charge on any atom is -0.397 e. The molecule has 0 aliphatic carbocycles. The molecular formula is C8H18O7. The summed E-state index contributed by atoms with van der Waals surface area (Å²) < 4.78 is 0. The molecule has 0 aromatic carbocycles. The van der Waals surface area contributed by atoms with Crippen LogP contribution in [0.5, 0.6) is 0 Å². The predicted molar refractivity (Wildman–Crippen MR) is 49.9 cm³/mol. The van der Waals surface area contributed by atoms with Crippen LogP contribution in [0, 0.1) is 0 Å². The van der Waals surface area contributed by atoms with Gasteiger partial charge in [-0.15, -0.1) is 0 Å². The van der Waals surface area contributed by atoms with Crippen LogP contribution in [0.3, 0.4) is 0 Å². The lowest BCUT2D eigenvalue weighted by Gasteiger charge is -2.22. The minimum absolute atomic E-state index is 0.0258. The summed E-state index contributed by atoms with van der Waals surface area (Å²) in [5.74, 6) is 0. The Labute approximate surface area is 87.2 Å². The largest absolute Gasteiger partial charge is 0.397 e. The van der Waals surface area contributed by atoms with Crippen molar-refractivity contribution >= 4 is 6.29 Å². The van der Waals surface area contributed by atoms with Gasteiger partial charge >= 0.3 is 0 Å². The molecule has 15 heavy (non-hydrogen) atoms. The predicted octanol–water partition coefficient (Wildman–Crippen LogP) is -3.38. The molecule has 0 bridgehead atoms. The van der Waals surface area contributed by atoms with Crippen LogP contribution in [-0.4, -0.2) is 74.6 Å². The number of rotatable bonds is 5. The van der Waals surface area contributed by atoms with Crippen molar-refractivity contribution in [2.45, 2.75) is 31.3 Å². The molecule has 0 fully saturated rings. The molecule has 7 heteroatoms. The van der Waals surface area contributed by atoms with Gasteiger partial charge in [-0.05, 0) is 6.92 Å². The van der Waals surface area contributed by atoms with Crippen LogP contribution >= 0.6 is 0 Å². The van der Waals surface area contributed by atoms with Crippen LogP contribution in [0.1, 0.15) is 6.92 Å². The fourth-order valence-corrected chi connectivity index (χ4v) is 0.618. The van der Waals surface area contributed by atoms with Gasteiger partial charge in [-0.25, -0.2) is 0 Å². The average Bonchev–Trinajstić information content (AvgIpc) is 2.25. The molecule has 92 valence electrons. The van der Waals surface area contributed by atoms with Crippen LogP contribution in [-0.2, 0) is 4.79 Å². The number of aldehydes is 1. The Balaban J connectivity index is 0. The minimum atomic E-state index is -1.79. The van der Waals surface area contributed by atoms with Crippen LogP contribution in [0.4, 0.5) is 0 Å². The molecule has 0 spiro atoms. The molecule has 7 nitrogen and oxygen atoms in total. The quantitative estimate of drug-likeness (QED) is 0.269. The topological polar surface area (TPSA) is 138 Å². The van der Waals surface area contributed by atoms with Crippen molar-refractivity contribution in [2.24, 2.45) is 0 Å². The van der Waals surface area contributed by atoms with Crippen molar-refractivity contribution in [3.05, 3.63) is 0 Å². The summed E-state index contributed by atoms with van der Waals surface area (Å²) in [5.41, 5.74) is 0. The highest BCUT2D eigenvalue weighted by Crippen LogP contribution is 2.02. The van der Waals surface area contributed by atoms with Crippen LogP contribution < -0.4 is 0 Å². The zero-order chi connectivity index (χ0) is 12.4. The lowest BCUT2D eigenvalue weighted by atomic mass is 10.0. The maximum atomic E-state index is 9.90. The summed E-state index contributed by atoms with van der Waals surface area (Å²) in [6.45, 7) is 1.17. The molecule has 0 saturated carbocycles. The SMILES string of the molecule is CCO.O=C[C@@H](O)[C@@H](O)[C@H](O)[C@H](O)CO. The Morgan fingerprint density at radius 1 is 1.07 bits per heavy atom. The zero-order valence-corrected chi connectivity index (χ0v) is 8.39. The Hall–Kier alpha value is -0.570. The molecule has 0 aliphatic rings. The first-order chi connectivity index (χ1) is 6.95. The second kappa shape index (κ2) is 9.97. The lowest BCUT2D eigenvalue weighted by Crippen LogP contribution is -2.46. The van der Waals surface area contributed by atoms with Gasteiger partial charge in [-0.1, -0.05) is 0 Å². The summed E-state index contributed by atoms with van der Waals surface area (Å²) in [7, 11) is 0. The molecular weight excluding hydrogens is 208 g/mol. The summed E-state index contributed by atoms with van der Waals surface area (Å²) in [4.78, 5) is 9.90. The van der Waals surface area contributed by atoms with Crippen LogP contribution in [0.2, 0.25) is 0 Å². The molecule has 0 aromatic rings. The number of aliphatic hydroxyl groups is 6. The summed E-state index contributed by atoms with van der Waals surface area (Å²) in [6.07, 6.45) is -6.84. The van der Waals surface area contributed by atoms with E-state index in [0.717, 1.165) is 0 Å². The van der Waals surface area contributed by atoms with Gasteiger partial charge in [-0.3, -0.25) is 0 Å². The molecule has 0 aromatic heterocycles. The smallest absolute Gasteiger partial charge is 0.151 e. The van der Waals surface area contributed by atoms with Gasteiger partial charge in [-0.2, -0.15) is 0 Å². The third-order valence-corrected chi connectivity index (χ3v) is 1.42. The Kier molecular flexibility index (Phi) is 11.2. The van der Waals surface area contributed by atoms with Gasteiger partial charge < -0.3 is 35.4 Å². The molecule has 0 radical (unpaired) electrons. The number of carbonyl (C=O) groups excluding carboxylic acids is 1. The van der Waals surface area contributed by atoms with Gasteiger partial charge in [0.2, 0.25) is 0 Å². The normalized spacial score (nSPS) is 18.1. The third-order valence-electron chi connectivity index (χ3n) is 1.42. The van der Waals surface area contributed by atoms with Crippen molar-refractivity contribution in [1.29, 1.82) is 0 Å². The first-order valence-corrected chi connectivity index (χ1v) is 4.35. The Bertz CT molecular complexity index is 152. The first-order valence-electron chi connectivity index (χ1n) is 4.35. The fraction of sp³-hybridized carbons (Fsp3) is 0.875. The van der Waals surface area contributed by atoms with Crippen molar-refractivity contribution in [3.8, 4) is 0 Å².